The molecule has 0 aliphatic carbocycles. The first-order chi connectivity index (χ1) is 11.6. The highest BCUT2D eigenvalue weighted by Crippen LogP contribution is 2.26. The highest BCUT2D eigenvalue weighted by Gasteiger charge is 2.34. The summed E-state index contributed by atoms with van der Waals surface area (Å²) >= 11 is 0. The molecule has 0 bridgehead atoms. The molecule has 2 amide bonds. The third-order valence-electron chi connectivity index (χ3n) is 3.56. The van der Waals surface area contributed by atoms with Gasteiger partial charge >= 0.3 is 5.97 Å². The Morgan fingerprint density at radius 1 is 1.00 bits per heavy atom. The summed E-state index contributed by atoms with van der Waals surface area (Å²) in [5.74, 6) is -1.29. The minimum absolute atomic E-state index is 0.0357. The van der Waals surface area contributed by atoms with Crippen LogP contribution >= 0.6 is 0 Å². The first-order valence-corrected chi connectivity index (χ1v) is 7.80. The summed E-state index contributed by atoms with van der Waals surface area (Å²) in [6, 6.07) is 6.50. The number of hydrogen-bond donors (Lipinski definition) is 0. The maximum atomic E-state index is 12.1. The molecule has 1 aromatic rings. The molecule has 0 N–H and O–H groups in total. The van der Waals surface area contributed by atoms with E-state index in [2.05, 4.69) is 9.93 Å². The van der Waals surface area contributed by atoms with Gasteiger partial charge < -0.3 is 0 Å². The van der Waals surface area contributed by atoms with Crippen molar-refractivity contribution in [2.24, 2.45) is 0 Å². The first kappa shape index (κ1) is 18.8. The number of anilines is 1. The van der Waals surface area contributed by atoms with Gasteiger partial charge in [0.05, 0.1) is 17.7 Å². The Labute approximate surface area is 146 Å². The van der Waals surface area contributed by atoms with Crippen LogP contribution in [0.15, 0.2) is 35.4 Å². The van der Waals surface area contributed by atoms with E-state index >= 15 is 0 Å². The number of imide groups is 1. The second-order valence-corrected chi connectivity index (χ2v) is 6.76. The third-order valence-corrected chi connectivity index (χ3v) is 3.56. The smallest absolute Gasteiger partial charge is 0.269 e. The molecule has 25 heavy (non-hydrogen) atoms. The maximum Gasteiger partial charge on any atom is 0.349 e. The number of hydrogen-bond acceptors (Lipinski definition) is 6. The summed E-state index contributed by atoms with van der Waals surface area (Å²) in [6.07, 6.45) is -0.0357. The lowest BCUT2D eigenvalue weighted by Crippen LogP contribution is -2.31. The quantitative estimate of drug-likeness (QED) is 0.463. The summed E-state index contributed by atoms with van der Waals surface area (Å²) in [5, 5.41) is 4.44. The van der Waals surface area contributed by atoms with E-state index in [0.29, 0.717) is 22.4 Å². The highest BCUT2D eigenvalue weighted by molar-refractivity contribution is 6.32. The largest absolute Gasteiger partial charge is 0.349 e. The van der Waals surface area contributed by atoms with E-state index in [1.165, 1.54) is 0 Å². The van der Waals surface area contributed by atoms with Gasteiger partial charge in [-0.25, -0.2) is 9.69 Å². The molecule has 0 aromatic heterocycles. The number of amides is 2. The molecule has 0 fully saturated rings. The Morgan fingerprint density at radius 3 is 2.00 bits per heavy atom. The van der Waals surface area contributed by atoms with Crippen LogP contribution in [0.1, 0.15) is 40.2 Å². The van der Waals surface area contributed by atoms with Crippen LogP contribution in [0.5, 0.6) is 0 Å². The van der Waals surface area contributed by atoms with Crippen molar-refractivity contribution in [3.63, 3.8) is 0 Å². The van der Waals surface area contributed by atoms with Crippen LogP contribution < -0.4 is 4.90 Å². The Hall–Kier alpha value is -2.51. The van der Waals surface area contributed by atoms with Gasteiger partial charge in [-0.1, -0.05) is 12.1 Å². The number of carbonyl (C=O) groups is 3. The van der Waals surface area contributed by atoms with E-state index in [4.69, 9.17) is 4.89 Å². The van der Waals surface area contributed by atoms with E-state index < -0.39 is 11.6 Å². The van der Waals surface area contributed by atoms with Crippen LogP contribution in [-0.2, 0) is 35.6 Å². The first-order valence-electron chi connectivity index (χ1n) is 7.80. The van der Waals surface area contributed by atoms with E-state index in [1.807, 2.05) is 0 Å². The van der Waals surface area contributed by atoms with Crippen molar-refractivity contribution in [2.75, 3.05) is 4.90 Å². The molecule has 7 nitrogen and oxygen atoms in total. The molecule has 0 unspecified atom stereocenters. The summed E-state index contributed by atoms with van der Waals surface area (Å²) in [6.45, 7) is 8.50. The summed E-state index contributed by atoms with van der Waals surface area (Å²) in [4.78, 5) is 46.4. The van der Waals surface area contributed by atoms with Gasteiger partial charge in [-0.05, 0) is 57.4 Å². The fourth-order valence-corrected chi connectivity index (χ4v) is 2.10. The minimum atomic E-state index is -0.626. The van der Waals surface area contributed by atoms with Crippen molar-refractivity contribution in [2.45, 2.75) is 46.6 Å². The Balaban J connectivity index is 1.96. The Morgan fingerprint density at radius 2 is 1.52 bits per heavy atom. The molecule has 0 saturated heterocycles. The second-order valence-electron chi connectivity index (χ2n) is 6.76. The van der Waals surface area contributed by atoms with Crippen molar-refractivity contribution in [3.8, 4) is 0 Å². The van der Waals surface area contributed by atoms with Crippen LogP contribution in [0.2, 0.25) is 0 Å². The molecule has 1 aromatic carbocycles. The summed E-state index contributed by atoms with van der Waals surface area (Å²) in [5.41, 5.74) is 1.38. The van der Waals surface area contributed by atoms with Gasteiger partial charge in [-0.15, -0.1) is 0 Å². The average molecular weight is 347 g/mol. The molecule has 0 radical (unpaired) electrons. The molecule has 0 atom stereocenters. The lowest BCUT2D eigenvalue weighted by Gasteiger charge is -2.16. The lowest BCUT2D eigenvalue weighted by molar-refractivity contribution is -0.514. The zero-order valence-electron chi connectivity index (χ0n) is 14.9. The van der Waals surface area contributed by atoms with E-state index in [0.717, 1.165) is 4.90 Å². The minimum Gasteiger partial charge on any atom is -0.269 e. The molecule has 1 aliphatic rings. The van der Waals surface area contributed by atoms with Gasteiger partial charge in [0.25, 0.3) is 11.8 Å². The number of carbonyl (C=O) groups excluding carboxylic acids is 3. The van der Waals surface area contributed by atoms with Crippen LogP contribution in [0.25, 0.3) is 0 Å². The van der Waals surface area contributed by atoms with Crippen molar-refractivity contribution in [3.05, 3.63) is 41.0 Å². The number of rotatable bonds is 5. The van der Waals surface area contributed by atoms with Gasteiger partial charge in [-0.3, -0.25) is 14.5 Å². The molecule has 1 heterocycles. The van der Waals surface area contributed by atoms with Gasteiger partial charge in [0.1, 0.15) is 0 Å². The summed E-state index contributed by atoms with van der Waals surface area (Å²) in [7, 11) is 0. The lowest BCUT2D eigenvalue weighted by atomic mass is 10.1. The molecule has 0 spiro atoms. The molecule has 134 valence electrons. The molecule has 0 saturated carbocycles. The topological polar surface area (TPSA) is 82.1 Å². The van der Waals surface area contributed by atoms with Gasteiger partial charge in [0.2, 0.25) is 0 Å². The van der Waals surface area contributed by atoms with Gasteiger partial charge in [-0.2, -0.15) is 4.89 Å². The number of benzene rings is 1. The average Bonchev–Trinajstić information content (AvgIpc) is 2.71. The zero-order chi connectivity index (χ0) is 18.8. The van der Waals surface area contributed by atoms with Crippen molar-refractivity contribution in [1.29, 1.82) is 0 Å². The normalized spacial score (nSPS) is 15.2. The number of nitrogens with zero attached hydrogens (tertiary/aromatic N) is 1. The van der Waals surface area contributed by atoms with Crippen molar-refractivity contribution in [1.82, 2.24) is 0 Å². The SMILES string of the molecule is CC1=C(C)C(=O)N(c2ccc(CC(=O)OOOC(C)(C)C)cc2)C1=O. The molecule has 7 heteroatoms. The molecular weight excluding hydrogens is 326 g/mol. The standard InChI is InChI=1S/C18H21NO6/c1-11-12(2)17(22)19(16(11)21)14-8-6-13(7-9-14)10-15(20)23-25-24-18(3,4)5/h6-9H,10H2,1-5H3. The monoisotopic (exact) mass is 347 g/mol. The second kappa shape index (κ2) is 7.16. The van der Waals surface area contributed by atoms with Crippen LogP contribution in [0, 0.1) is 0 Å². The maximum absolute atomic E-state index is 12.1. The Bertz CT molecular complexity index is 703. The Kier molecular flexibility index (Phi) is 5.39. The van der Waals surface area contributed by atoms with E-state index in [-0.39, 0.29) is 18.2 Å². The van der Waals surface area contributed by atoms with E-state index in [9.17, 15) is 14.4 Å². The fraction of sp³-hybridized carbons (Fsp3) is 0.389. The zero-order valence-corrected chi connectivity index (χ0v) is 14.9. The van der Waals surface area contributed by atoms with Crippen LogP contribution in [0.4, 0.5) is 5.69 Å². The molecule has 2 rings (SSSR count). The summed E-state index contributed by atoms with van der Waals surface area (Å²) < 4.78 is 0. The van der Waals surface area contributed by atoms with Gasteiger partial charge in [0.15, 0.2) is 0 Å². The third kappa shape index (κ3) is 4.52. The fourth-order valence-electron chi connectivity index (χ4n) is 2.10. The van der Waals surface area contributed by atoms with Crippen molar-refractivity contribution >= 4 is 23.5 Å². The van der Waals surface area contributed by atoms with Gasteiger partial charge in [0, 0.05) is 11.1 Å². The van der Waals surface area contributed by atoms with E-state index in [1.54, 1.807) is 58.9 Å². The predicted octanol–water partition coefficient (Wildman–Crippen LogP) is 2.64. The molecular formula is C18H21NO6. The predicted molar refractivity (Wildman–Crippen MR) is 89.0 cm³/mol. The highest BCUT2D eigenvalue weighted by atomic mass is 17.5. The van der Waals surface area contributed by atoms with Crippen LogP contribution in [-0.4, -0.2) is 23.4 Å². The molecule has 1 aliphatic heterocycles. The van der Waals surface area contributed by atoms with Crippen molar-refractivity contribution < 1.29 is 29.2 Å². The van der Waals surface area contributed by atoms with Crippen LogP contribution in [0.3, 0.4) is 0 Å².